The fourth-order valence-electron chi connectivity index (χ4n) is 1.57. The zero-order valence-electron chi connectivity index (χ0n) is 9.98. The first-order valence-electron chi connectivity index (χ1n) is 5.43. The molecule has 0 amide bonds. The largest absolute Gasteiger partial charge is 0.453 e. The van der Waals surface area contributed by atoms with Crippen molar-refractivity contribution in [2.45, 2.75) is 0 Å². The van der Waals surface area contributed by atoms with Crippen LogP contribution in [0.15, 0.2) is 41.6 Å². The van der Waals surface area contributed by atoms with E-state index in [1.165, 1.54) is 30.3 Å². The van der Waals surface area contributed by atoms with Crippen molar-refractivity contribution in [2.75, 3.05) is 0 Å². The third-order valence-electron chi connectivity index (χ3n) is 2.48. The van der Waals surface area contributed by atoms with Crippen LogP contribution in [0.3, 0.4) is 0 Å². The van der Waals surface area contributed by atoms with Gasteiger partial charge in [0.25, 0.3) is 0 Å². The molecule has 2 aromatic carbocycles. The van der Waals surface area contributed by atoms with E-state index in [2.05, 4.69) is 5.16 Å². The molecule has 7 heteroatoms. The summed E-state index contributed by atoms with van der Waals surface area (Å²) in [5.41, 5.74) is 5.11. The summed E-state index contributed by atoms with van der Waals surface area (Å²) in [5, 5.41) is 11.2. The molecule has 0 aliphatic heterocycles. The van der Waals surface area contributed by atoms with Crippen molar-refractivity contribution in [3.8, 4) is 11.5 Å². The highest BCUT2D eigenvalue weighted by Gasteiger charge is 2.17. The molecule has 104 valence electrons. The van der Waals surface area contributed by atoms with Crippen LogP contribution in [0.5, 0.6) is 11.5 Å². The smallest absolute Gasteiger partial charge is 0.184 e. The van der Waals surface area contributed by atoms with Gasteiger partial charge < -0.3 is 15.7 Å². The van der Waals surface area contributed by atoms with E-state index in [4.69, 9.17) is 27.3 Å². The molecule has 2 aromatic rings. The molecule has 0 heterocycles. The van der Waals surface area contributed by atoms with Gasteiger partial charge in [-0.3, -0.25) is 0 Å². The van der Waals surface area contributed by atoms with Gasteiger partial charge in [0.15, 0.2) is 17.4 Å². The third-order valence-corrected chi connectivity index (χ3v) is 2.77. The molecule has 0 atom stereocenters. The molecule has 0 radical (unpaired) electrons. The molecule has 0 aliphatic rings. The zero-order chi connectivity index (χ0) is 14.7. The summed E-state index contributed by atoms with van der Waals surface area (Å²) >= 11 is 5.62. The maximum absolute atomic E-state index is 13.7. The Morgan fingerprint density at radius 2 is 1.80 bits per heavy atom. The molecular formula is C13H9ClF2N2O2. The quantitative estimate of drug-likeness (QED) is 0.394. The van der Waals surface area contributed by atoms with E-state index in [0.29, 0.717) is 0 Å². The lowest BCUT2D eigenvalue weighted by Gasteiger charge is -2.11. The van der Waals surface area contributed by atoms with Gasteiger partial charge in [-0.15, -0.1) is 0 Å². The third kappa shape index (κ3) is 2.65. The highest BCUT2D eigenvalue weighted by Crippen LogP contribution is 2.31. The van der Waals surface area contributed by atoms with E-state index in [9.17, 15) is 8.78 Å². The van der Waals surface area contributed by atoms with Gasteiger partial charge in [-0.2, -0.15) is 0 Å². The SMILES string of the molecule is N/C(=N/O)c1c(F)cccc1Oc1cccc(Cl)c1F. The molecule has 2 rings (SSSR count). The van der Waals surface area contributed by atoms with Gasteiger partial charge in [0, 0.05) is 0 Å². The molecule has 0 aromatic heterocycles. The van der Waals surface area contributed by atoms with Gasteiger partial charge in [-0.25, -0.2) is 8.78 Å². The van der Waals surface area contributed by atoms with Crippen molar-refractivity contribution in [3.05, 3.63) is 58.6 Å². The highest BCUT2D eigenvalue weighted by atomic mass is 35.5. The lowest BCUT2D eigenvalue weighted by molar-refractivity contribution is 0.318. The van der Waals surface area contributed by atoms with Crippen molar-refractivity contribution in [1.82, 2.24) is 0 Å². The predicted octanol–water partition coefficient (Wildman–Crippen LogP) is 3.51. The normalized spacial score (nSPS) is 11.4. The second-order valence-electron chi connectivity index (χ2n) is 3.75. The number of hydrogen-bond acceptors (Lipinski definition) is 3. The Bertz CT molecular complexity index is 677. The minimum atomic E-state index is -0.788. The zero-order valence-corrected chi connectivity index (χ0v) is 10.7. The van der Waals surface area contributed by atoms with E-state index in [0.717, 1.165) is 6.07 Å². The molecule has 0 saturated heterocycles. The average molecular weight is 299 g/mol. The highest BCUT2D eigenvalue weighted by molar-refractivity contribution is 6.30. The first-order valence-corrected chi connectivity index (χ1v) is 5.80. The summed E-state index contributed by atoms with van der Waals surface area (Å²) in [6.07, 6.45) is 0. The molecule has 0 fully saturated rings. The molecule has 4 nitrogen and oxygen atoms in total. The molecule has 0 aliphatic carbocycles. The standard InChI is InChI=1S/C13H9ClF2N2O2/c14-7-3-1-6-10(12(7)16)20-9-5-2-4-8(15)11(9)13(17)18-19/h1-6,19H,(H2,17,18). The molecule has 0 saturated carbocycles. The van der Waals surface area contributed by atoms with Crippen LogP contribution in [0, 0.1) is 11.6 Å². The number of oxime groups is 1. The first-order chi connectivity index (χ1) is 9.54. The van der Waals surface area contributed by atoms with Crippen LogP contribution in [-0.2, 0) is 0 Å². The molecule has 0 unspecified atom stereocenters. The fraction of sp³-hybridized carbons (Fsp3) is 0. The van der Waals surface area contributed by atoms with E-state index in [1.54, 1.807) is 0 Å². The van der Waals surface area contributed by atoms with Crippen LogP contribution in [0.1, 0.15) is 5.56 Å². The Labute approximate surface area is 118 Å². The maximum atomic E-state index is 13.7. The number of halogens is 3. The van der Waals surface area contributed by atoms with Crippen LogP contribution in [0.4, 0.5) is 8.78 Å². The average Bonchev–Trinajstić information content (AvgIpc) is 2.43. The number of ether oxygens (including phenoxy) is 1. The van der Waals surface area contributed by atoms with Crippen LogP contribution in [0.25, 0.3) is 0 Å². The maximum Gasteiger partial charge on any atom is 0.184 e. The molecule has 0 bridgehead atoms. The number of rotatable bonds is 3. The summed E-state index contributed by atoms with van der Waals surface area (Å²) < 4.78 is 32.7. The summed E-state index contributed by atoms with van der Waals surface area (Å²) in [4.78, 5) is 0. The van der Waals surface area contributed by atoms with E-state index in [-0.39, 0.29) is 22.1 Å². The second-order valence-corrected chi connectivity index (χ2v) is 4.16. The van der Waals surface area contributed by atoms with E-state index < -0.39 is 17.5 Å². The van der Waals surface area contributed by atoms with Gasteiger partial charge in [-0.05, 0) is 24.3 Å². The summed E-state index contributed by atoms with van der Waals surface area (Å²) in [5.74, 6) is -2.33. The van der Waals surface area contributed by atoms with Gasteiger partial charge in [0.2, 0.25) is 0 Å². The Balaban J connectivity index is 2.49. The van der Waals surface area contributed by atoms with Gasteiger partial charge in [-0.1, -0.05) is 28.9 Å². The number of benzene rings is 2. The fourth-order valence-corrected chi connectivity index (χ4v) is 1.74. The predicted molar refractivity (Wildman–Crippen MR) is 70.4 cm³/mol. The van der Waals surface area contributed by atoms with Crippen molar-refractivity contribution in [1.29, 1.82) is 0 Å². The van der Waals surface area contributed by atoms with Crippen LogP contribution in [-0.4, -0.2) is 11.0 Å². The Morgan fingerprint density at radius 3 is 2.50 bits per heavy atom. The summed E-state index contributed by atoms with van der Waals surface area (Å²) in [7, 11) is 0. The van der Waals surface area contributed by atoms with Crippen molar-refractivity contribution in [2.24, 2.45) is 10.9 Å². The minimum Gasteiger partial charge on any atom is -0.453 e. The summed E-state index contributed by atoms with van der Waals surface area (Å²) in [6.45, 7) is 0. The Hall–Kier alpha value is -2.34. The topological polar surface area (TPSA) is 67.8 Å². The molecular weight excluding hydrogens is 290 g/mol. The second kappa shape index (κ2) is 5.75. The minimum absolute atomic E-state index is 0.0959. The number of nitrogens with two attached hydrogens (primary N) is 1. The van der Waals surface area contributed by atoms with Gasteiger partial charge in [0.05, 0.1) is 10.6 Å². The monoisotopic (exact) mass is 298 g/mol. The number of amidine groups is 1. The van der Waals surface area contributed by atoms with Crippen molar-refractivity contribution in [3.63, 3.8) is 0 Å². The van der Waals surface area contributed by atoms with E-state index >= 15 is 0 Å². The Kier molecular flexibility index (Phi) is 4.05. The van der Waals surface area contributed by atoms with Crippen molar-refractivity contribution >= 4 is 17.4 Å². The first kappa shape index (κ1) is 14.1. The van der Waals surface area contributed by atoms with Crippen LogP contribution in [0.2, 0.25) is 5.02 Å². The van der Waals surface area contributed by atoms with E-state index in [1.807, 2.05) is 0 Å². The molecule has 20 heavy (non-hydrogen) atoms. The lowest BCUT2D eigenvalue weighted by Crippen LogP contribution is -2.16. The summed E-state index contributed by atoms with van der Waals surface area (Å²) in [6, 6.07) is 7.96. The van der Waals surface area contributed by atoms with Crippen molar-refractivity contribution < 1.29 is 18.7 Å². The molecule has 3 N–H and O–H groups in total. The molecule has 0 spiro atoms. The van der Waals surface area contributed by atoms with Crippen LogP contribution < -0.4 is 10.5 Å². The van der Waals surface area contributed by atoms with Gasteiger partial charge >= 0.3 is 0 Å². The number of nitrogens with zero attached hydrogens (tertiary/aromatic N) is 1. The van der Waals surface area contributed by atoms with Gasteiger partial charge in [0.1, 0.15) is 11.6 Å². The van der Waals surface area contributed by atoms with Crippen LogP contribution >= 0.6 is 11.6 Å². The number of hydrogen-bond donors (Lipinski definition) is 2. The lowest BCUT2D eigenvalue weighted by atomic mass is 10.1. The Morgan fingerprint density at radius 1 is 1.15 bits per heavy atom.